The van der Waals surface area contributed by atoms with Crippen LogP contribution < -0.4 is 15.8 Å². The SMILES string of the molecule is CC(C)(C)c1ccccc1Oc1ccccc1NC(N)=S. The third-order valence-electron chi connectivity index (χ3n) is 3.06. The molecule has 0 fully saturated rings. The quantitative estimate of drug-likeness (QED) is 0.823. The van der Waals surface area contributed by atoms with E-state index in [0.29, 0.717) is 5.75 Å². The van der Waals surface area contributed by atoms with Gasteiger partial charge in [0.25, 0.3) is 0 Å². The van der Waals surface area contributed by atoms with E-state index >= 15 is 0 Å². The Kier molecular flexibility index (Phi) is 4.48. The minimum atomic E-state index is 0.00212. The van der Waals surface area contributed by atoms with Crippen LogP contribution in [0.3, 0.4) is 0 Å². The van der Waals surface area contributed by atoms with E-state index < -0.39 is 0 Å². The number of hydrogen-bond acceptors (Lipinski definition) is 2. The number of benzene rings is 2. The Morgan fingerprint density at radius 2 is 1.57 bits per heavy atom. The third kappa shape index (κ3) is 3.95. The van der Waals surface area contributed by atoms with Crippen molar-refractivity contribution in [2.45, 2.75) is 26.2 Å². The summed E-state index contributed by atoms with van der Waals surface area (Å²) in [5, 5.41) is 3.15. The summed E-state index contributed by atoms with van der Waals surface area (Å²) in [7, 11) is 0. The van der Waals surface area contributed by atoms with Gasteiger partial charge in [0.05, 0.1) is 5.69 Å². The summed E-state index contributed by atoms with van der Waals surface area (Å²) in [6, 6.07) is 15.6. The highest BCUT2D eigenvalue weighted by molar-refractivity contribution is 7.80. The van der Waals surface area contributed by atoms with Gasteiger partial charge >= 0.3 is 0 Å². The maximum Gasteiger partial charge on any atom is 0.168 e. The van der Waals surface area contributed by atoms with Gasteiger partial charge in [-0.15, -0.1) is 0 Å². The van der Waals surface area contributed by atoms with Crippen LogP contribution in [-0.2, 0) is 5.41 Å². The Bertz CT molecular complexity index is 647. The molecule has 3 N–H and O–H groups in total. The van der Waals surface area contributed by atoms with Crippen molar-refractivity contribution in [1.29, 1.82) is 0 Å². The minimum absolute atomic E-state index is 0.00212. The van der Waals surface area contributed by atoms with Crippen molar-refractivity contribution >= 4 is 23.0 Å². The molecule has 0 unspecified atom stereocenters. The fourth-order valence-electron chi connectivity index (χ4n) is 2.09. The number of rotatable bonds is 3. The highest BCUT2D eigenvalue weighted by atomic mass is 32.1. The Labute approximate surface area is 131 Å². The zero-order chi connectivity index (χ0) is 15.5. The first-order chi connectivity index (χ1) is 9.88. The molecule has 0 aliphatic carbocycles. The maximum atomic E-state index is 6.09. The summed E-state index contributed by atoms with van der Waals surface area (Å²) < 4.78 is 6.09. The first kappa shape index (κ1) is 15.3. The smallest absolute Gasteiger partial charge is 0.168 e. The highest BCUT2D eigenvalue weighted by Gasteiger charge is 2.19. The van der Waals surface area contributed by atoms with Gasteiger partial charge in [-0.25, -0.2) is 0 Å². The summed E-state index contributed by atoms with van der Waals surface area (Å²) in [4.78, 5) is 0. The van der Waals surface area contributed by atoms with Crippen LogP contribution in [0.4, 0.5) is 5.69 Å². The van der Waals surface area contributed by atoms with E-state index in [1.165, 1.54) is 0 Å². The molecule has 0 aromatic heterocycles. The lowest BCUT2D eigenvalue weighted by atomic mass is 9.86. The van der Waals surface area contributed by atoms with Crippen LogP contribution in [0.2, 0.25) is 0 Å². The molecule has 0 spiro atoms. The van der Waals surface area contributed by atoms with Crippen molar-refractivity contribution in [2.24, 2.45) is 5.73 Å². The molecule has 0 aliphatic rings. The van der Waals surface area contributed by atoms with Crippen molar-refractivity contribution in [3.05, 3.63) is 54.1 Å². The molecule has 0 saturated carbocycles. The van der Waals surface area contributed by atoms with Gasteiger partial charge in [0.2, 0.25) is 0 Å². The summed E-state index contributed by atoms with van der Waals surface area (Å²) in [5.74, 6) is 1.53. The Morgan fingerprint density at radius 1 is 1.00 bits per heavy atom. The molecule has 2 aromatic rings. The maximum absolute atomic E-state index is 6.09. The molecule has 0 radical (unpaired) electrons. The molecule has 3 nitrogen and oxygen atoms in total. The lowest BCUT2D eigenvalue weighted by Gasteiger charge is -2.23. The predicted octanol–water partition coefficient (Wildman–Crippen LogP) is 4.43. The van der Waals surface area contributed by atoms with Gasteiger partial charge in [0.1, 0.15) is 5.75 Å². The molecule has 0 aliphatic heterocycles. The van der Waals surface area contributed by atoms with Crippen LogP contribution >= 0.6 is 12.2 Å². The number of anilines is 1. The molecule has 0 heterocycles. The molecule has 2 rings (SSSR count). The van der Waals surface area contributed by atoms with Crippen LogP contribution in [0, 0.1) is 0 Å². The van der Waals surface area contributed by atoms with E-state index in [2.05, 4.69) is 32.2 Å². The number of nitrogens with two attached hydrogens (primary N) is 1. The topological polar surface area (TPSA) is 47.3 Å². The largest absolute Gasteiger partial charge is 0.455 e. The van der Waals surface area contributed by atoms with Gasteiger partial charge < -0.3 is 15.8 Å². The summed E-state index contributed by atoms with van der Waals surface area (Å²) in [6.45, 7) is 6.48. The number of nitrogens with one attached hydrogen (secondary N) is 1. The van der Waals surface area contributed by atoms with Crippen LogP contribution in [-0.4, -0.2) is 5.11 Å². The molecule has 0 amide bonds. The molecular weight excluding hydrogens is 280 g/mol. The number of hydrogen-bond donors (Lipinski definition) is 2. The first-order valence-corrected chi connectivity index (χ1v) is 7.21. The van der Waals surface area contributed by atoms with Gasteiger partial charge in [-0.1, -0.05) is 51.1 Å². The number of ether oxygens (including phenoxy) is 1. The summed E-state index contributed by atoms with van der Waals surface area (Å²) in [6.07, 6.45) is 0. The van der Waals surface area contributed by atoms with Crippen molar-refractivity contribution in [2.75, 3.05) is 5.32 Å². The van der Waals surface area contributed by atoms with Crippen molar-refractivity contribution in [1.82, 2.24) is 0 Å². The fourth-order valence-corrected chi connectivity index (χ4v) is 2.20. The lowest BCUT2D eigenvalue weighted by Crippen LogP contribution is -2.19. The van der Waals surface area contributed by atoms with Gasteiger partial charge in [-0.2, -0.15) is 0 Å². The van der Waals surface area contributed by atoms with E-state index in [0.717, 1.165) is 17.0 Å². The van der Waals surface area contributed by atoms with Gasteiger partial charge in [0, 0.05) is 5.56 Å². The highest BCUT2D eigenvalue weighted by Crippen LogP contribution is 2.36. The van der Waals surface area contributed by atoms with E-state index in [4.69, 9.17) is 22.7 Å². The zero-order valence-electron chi connectivity index (χ0n) is 12.5. The van der Waals surface area contributed by atoms with Gasteiger partial charge in [-0.05, 0) is 35.8 Å². The summed E-state index contributed by atoms with van der Waals surface area (Å²) in [5.41, 5.74) is 7.46. The second kappa shape index (κ2) is 6.14. The van der Waals surface area contributed by atoms with Crippen molar-refractivity contribution in [3.63, 3.8) is 0 Å². The molecule has 2 aromatic carbocycles. The standard InChI is InChI=1S/C17H20N2OS/c1-17(2,3)12-8-4-6-10-14(12)20-15-11-7-5-9-13(15)19-16(18)21/h4-11H,1-3H3,(H3,18,19,21). The predicted molar refractivity (Wildman–Crippen MR) is 92.1 cm³/mol. The fraction of sp³-hybridized carbons (Fsp3) is 0.235. The lowest BCUT2D eigenvalue weighted by molar-refractivity contribution is 0.457. The average Bonchev–Trinajstić information content (AvgIpc) is 2.40. The van der Waals surface area contributed by atoms with E-state index in [1.54, 1.807) is 0 Å². The van der Waals surface area contributed by atoms with Crippen LogP contribution in [0.1, 0.15) is 26.3 Å². The van der Waals surface area contributed by atoms with Gasteiger partial charge in [-0.3, -0.25) is 0 Å². The third-order valence-corrected chi connectivity index (χ3v) is 3.16. The van der Waals surface area contributed by atoms with Crippen LogP contribution in [0.5, 0.6) is 11.5 Å². The van der Waals surface area contributed by atoms with Crippen LogP contribution in [0.15, 0.2) is 48.5 Å². The molecule has 110 valence electrons. The van der Waals surface area contributed by atoms with E-state index in [-0.39, 0.29) is 10.5 Å². The first-order valence-electron chi connectivity index (χ1n) is 6.81. The second-order valence-corrected chi connectivity index (χ2v) is 6.27. The molecule has 4 heteroatoms. The van der Waals surface area contributed by atoms with Gasteiger partial charge in [0.15, 0.2) is 10.9 Å². The van der Waals surface area contributed by atoms with Crippen LogP contribution in [0.25, 0.3) is 0 Å². The van der Waals surface area contributed by atoms with E-state index in [9.17, 15) is 0 Å². The second-order valence-electron chi connectivity index (χ2n) is 5.83. The molecular formula is C17H20N2OS. The van der Waals surface area contributed by atoms with E-state index in [1.807, 2.05) is 42.5 Å². The summed E-state index contributed by atoms with van der Waals surface area (Å²) >= 11 is 4.90. The Hall–Kier alpha value is -2.07. The Balaban J connectivity index is 2.38. The normalized spacial score (nSPS) is 11.0. The Morgan fingerprint density at radius 3 is 2.19 bits per heavy atom. The number of thiocarbonyl (C=S) groups is 1. The van der Waals surface area contributed by atoms with Crippen molar-refractivity contribution < 1.29 is 4.74 Å². The average molecular weight is 300 g/mol. The molecule has 0 atom stereocenters. The number of para-hydroxylation sites is 3. The van der Waals surface area contributed by atoms with Crippen molar-refractivity contribution in [3.8, 4) is 11.5 Å². The molecule has 21 heavy (non-hydrogen) atoms. The monoisotopic (exact) mass is 300 g/mol. The zero-order valence-corrected chi connectivity index (χ0v) is 13.3. The molecule has 0 bridgehead atoms. The minimum Gasteiger partial charge on any atom is -0.455 e. The molecule has 0 saturated heterocycles.